The first-order chi connectivity index (χ1) is 36.0. The zero-order valence-electron chi connectivity index (χ0n) is 43.3. The van der Waals surface area contributed by atoms with E-state index in [1.165, 1.54) is 38.5 Å². The van der Waals surface area contributed by atoms with Crippen LogP contribution >= 0.6 is 0 Å². The van der Waals surface area contributed by atoms with Crippen LogP contribution in [0.2, 0.25) is 0 Å². The number of hydrogen-bond acceptors (Lipinski definition) is 26. The van der Waals surface area contributed by atoms with Crippen molar-refractivity contribution in [1.82, 2.24) is 0 Å². The van der Waals surface area contributed by atoms with E-state index in [0.717, 1.165) is 55.4 Å². The lowest BCUT2D eigenvalue weighted by atomic mass is 9.97. The molecule has 0 saturated carbocycles. The van der Waals surface area contributed by atoms with Crippen LogP contribution in [-0.4, -0.2) is 186 Å². The monoisotopic (exact) mass is 1080 g/mol. The van der Waals surface area contributed by atoms with E-state index >= 15 is 0 Å². The summed E-state index contributed by atoms with van der Waals surface area (Å²) in [4.78, 5) is 127. The number of carbonyl (C=O) groups excluding carboxylic acids is 10. The summed E-state index contributed by atoms with van der Waals surface area (Å²) in [7, 11) is 2.34. The molecule has 0 aromatic heterocycles. The molecule has 2 aromatic carbocycles. The van der Waals surface area contributed by atoms with Crippen LogP contribution in [0.15, 0.2) is 60.7 Å². The molecule has 418 valence electrons. The second kappa shape index (κ2) is 29.8. The summed E-state index contributed by atoms with van der Waals surface area (Å²) < 4.78 is 92.2. The molecule has 0 aliphatic carbocycles. The lowest BCUT2D eigenvalue weighted by Crippen LogP contribution is -2.63. The lowest BCUT2D eigenvalue weighted by molar-refractivity contribution is -0.315. The Bertz CT molecular complexity index is 2150. The highest BCUT2D eigenvalue weighted by Gasteiger charge is 2.55. The van der Waals surface area contributed by atoms with Gasteiger partial charge in [-0.2, -0.15) is 0 Å². The number of rotatable bonds is 25. The van der Waals surface area contributed by atoms with Crippen molar-refractivity contribution in [3.8, 4) is 0 Å². The van der Waals surface area contributed by atoms with Crippen LogP contribution in [0, 0.1) is 0 Å². The molecule has 14 atom stereocenters. The van der Waals surface area contributed by atoms with Gasteiger partial charge in [-0.3, -0.25) is 38.4 Å². The molecule has 26 heteroatoms. The number of benzene rings is 2. The Labute approximate surface area is 436 Å². The maximum absolute atomic E-state index is 14.0. The van der Waals surface area contributed by atoms with Gasteiger partial charge < -0.3 is 75.8 Å². The molecule has 4 rings (SSSR count). The Morgan fingerprint density at radius 3 is 0.974 bits per heavy atom. The summed E-state index contributed by atoms with van der Waals surface area (Å²) >= 11 is 0. The van der Waals surface area contributed by atoms with Gasteiger partial charge in [-0.15, -0.1) is 0 Å². The Hall–Kier alpha value is -7.10. The predicted octanol–water partition coefficient (Wildman–Crippen LogP) is 1.67. The third kappa shape index (κ3) is 18.6. The van der Waals surface area contributed by atoms with Gasteiger partial charge in [-0.05, 0) is 24.3 Å². The zero-order chi connectivity index (χ0) is 56.2. The molecule has 2 aliphatic heterocycles. The van der Waals surface area contributed by atoms with E-state index in [4.69, 9.17) is 75.8 Å². The number of carbonyl (C=O) groups is 10. The molecule has 2 heterocycles. The fraction of sp³-hybridized carbons (Fsp3) is 0.560. The Kier molecular flexibility index (Phi) is 24.1. The molecular formula is C50H62O26. The maximum atomic E-state index is 14.0. The first-order valence-corrected chi connectivity index (χ1v) is 23.4. The first-order valence-electron chi connectivity index (χ1n) is 23.4. The van der Waals surface area contributed by atoms with Crippen LogP contribution in [-0.2, 0) is 114 Å². The van der Waals surface area contributed by atoms with E-state index in [2.05, 4.69) is 0 Å². The zero-order valence-corrected chi connectivity index (χ0v) is 43.3. The van der Waals surface area contributed by atoms with E-state index in [-0.39, 0.29) is 11.1 Å². The predicted molar refractivity (Wildman–Crippen MR) is 249 cm³/mol. The number of esters is 10. The van der Waals surface area contributed by atoms with Crippen molar-refractivity contribution in [2.24, 2.45) is 0 Å². The van der Waals surface area contributed by atoms with Gasteiger partial charge in [-0.25, -0.2) is 9.59 Å². The van der Waals surface area contributed by atoms with Gasteiger partial charge in [0.25, 0.3) is 0 Å². The van der Waals surface area contributed by atoms with Crippen LogP contribution in [0.1, 0.15) is 76.1 Å². The van der Waals surface area contributed by atoms with Crippen LogP contribution in [0.25, 0.3) is 0 Å². The summed E-state index contributed by atoms with van der Waals surface area (Å²) in [5.74, 6) is -9.00. The molecule has 0 spiro atoms. The molecule has 0 unspecified atom stereocenters. The second-order valence-electron chi connectivity index (χ2n) is 16.8. The van der Waals surface area contributed by atoms with Gasteiger partial charge in [0, 0.05) is 69.6 Å². The molecule has 2 fully saturated rings. The van der Waals surface area contributed by atoms with Crippen molar-refractivity contribution in [3.05, 3.63) is 71.8 Å². The average Bonchev–Trinajstić information content (AvgIpc) is 3.34. The number of hydrogen-bond donors (Lipinski definition) is 0. The molecular weight excluding hydrogens is 1020 g/mol. The van der Waals surface area contributed by atoms with Crippen LogP contribution in [0.3, 0.4) is 0 Å². The van der Waals surface area contributed by atoms with E-state index in [0.29, 0.717) is 0 Å². The van der Waals surface area contributed by atoms with Crippen molar-refractivity contribution >= 4 is 59.7 Å². The third-order valence-electron chi connectivity index (χ3n) is 10.9. The van der Waals surface area contributed by atoms with Crippen molar-refractivity contribution in [3.63, 3.8) is 0 Å². The number of ether oxygens (including phenoxy) is 16. The quantitative estimate of drug-likeness (QED) is 0.101. The summed E-state index contributed by atoms with van der Waals surface area (Å²) in [6.07, 6.45) is -22.9. The van der Waals surface area contributed by atoms with Gasteiger partial charge in [0.1, 0.15) is 37.6 Å². The molecule has 0 bridgehead atoms. The molecule has 26 nitrogen and oxygen atoms in total. The van der Waals surface area contributed by atoms with Gasteiger partial charge in [0.2, 0.25) is 0 Å². The molecule has 2 aromatic rings. The van der Waals surface area contributed by atoms with Crippen molar-refractivity contribution < 1.29 is 124 Å². The van der Waals surface area contributed by atoms with Crippen molar-refractivity contribution in [1.29, 1.82) is 0 Å². The average molecular weight is 1080 g/mol. The number of methoxy groups -OCH3 is 2. The summed E-state index contributed by atoms with van der Waals surface area (Å²) in [5, 5.41) is 0. The highest BCUT2D eigenvalue weighted by molar-refractivity contribution is 5.90. The van der Waals surface area contributed by atoms with Gasteiger partial charge in [0.05, 0.1) is 24.3 Å². The summed E-state index contributed by atoms with van der Waals surface area (Å²) in [5.41, 5.74) is 0.0605. The van der Waals surface area contributed by atoms with Crippen LogP contribution in [0.4, 0.5) is 0 Å². The fourth-order valence-corrected chi connectivity index (χ4v) is 7.97. The second-order valence-corrected chi connectivity index (χ2v) is 16.8. The smallest absolute Gasteiger partial charge is 0.338 e. The molecule has 0 amide bonds. The highest BCUT2D eigenvalue weighted by Crippen LogP contribution is 2.33. The standard InChI is InChI=1S/C50H62O26/c1-25(51)63-21-37-41(67-27(3)53)43(69-29(5)55)45(71-31(7)57)49(75-37)65-23-35(73-47(59)33-17-13-11-14-18-33)39(61-9)40(62-10)36(74-48(60)34-19-15-12-16-20-34)24-66-50-46(72-32(8)58)44(70-30(6)56)42(68-28(4)54)38(76-50)22-64-26(2)52/h11-20,35-46,49-50H,21-24H2,1-10H3/t35-,36-,37-,38-,39-,40-,41-,42-,43+,44+,45-,46-,49-,50-/m1/s1. The van der Waals surface area contributed by atoms with Crippen molar-refractivity contribution in [2.45, 2.75) is 141 Å². The van der Waals surface area contributed by atoms with E-state index in [9.17, 15) is 47.9 Å². The van der Waals surface area contributed by atoms with Crippen molar-refractivity contribution in [2.75, 3.05) is 40.6 Å². The minimum Gasteiger partial charge on any atom is -0.463 e. The van der Waals surface area contributed by atoms with E-state index < -0.39 is 172 Å². The highest BCUT2D eigenvalue weighted by atomic mass is 16.8. The lowest BCUT2D eigenvalue weighted by Gasteiger charge is -2.45. The first kappa shape index (κ1) is 61.4. The van der Waals surface area contributed by atoms with Crippen LogP contribution < -0.4 is 0 Å². The third-order valence-corrected chi connectivity index (χ3v) is 10.9. The molecule has 76 heavy (non-hydrogen) atoms. The van der Waals surface area contributed by atoms with Gasteiger partial charge in [-0.1, -0.05) is 36.4 Å². The van der Waals surface area contributed by atoms with Gasteiger partial charge in [0.15, 0.2) is 61.4 Å². The molecule has 0 radical (unpaired) electrons. The SMILES string of the molecule is CO[C@@H]([C@H](OC)[C@@H](CO[C@@H]1O[C@H](COC(C)=O)[C@@H](OC(C)=O)[C@H](OC(C)=O)[C@H]1OC(C)=O)OC(=O)c1ccccc1)[C@@H](CO[C@@H]1O[C@H](COC(C)=O)[C@@H](OC(C)=O)[C@H](OC(C)=O)[C@H]1OC(C)=O)OC(=O)c1ccccc1. The van der Waals surface area contributed by atoms with Crippen LogP contribution in [0.5, 0.6) is 0 Å². The fourth-order valence-electron chi connectivity index (χ4n) is 7.97. The minimum absolute atomic E-state index is 0.0302. The van der Waals surface area contributed by atoms with Gasteiger partial charge >= 0.3 is 59.7 Å². The minimum atomic E-state index is -1.80. The topological polar surface area (TPSA) is 318 Å². The summed E-state index contributed by atoms with van der Waals surface area (Å²) in [6.45, 7) is 5.55. The molecule has 2 saturated heterocycles. The Morgan fingerprint density at radius 1 is 0.408 bits per heavy atom. The normalized spacial score (nSPS) is 24.6. The molecule has 2 aliphatic rings. The van der Waals surface area contributed by atoms with E-state index in [1.54, 1.807) is 36.4 Å². The van der Waals surface area contributed by atoms with E-state index in [1.807, 2.05) is 0 Å². The maximum Gasteiger partial charge on any atom is 0.338 e. The largest absolute Gasteiger partial charge is 0.463 e. The summed E-state index contributed by atoms with van der Waals surface area (Å²) in [6, 6.07) is 15.2. The molecule has 0 N–H and O–H groups in total. The Morgan fingerprint density at radius 2 is 0.697 bits per heavy atom. The Balaban J connectivity index is 1.85.